The number of halogens is 2. The number of rotatable bonds is 4. The lowest BCUT2D eigenvalue weighted by molar-refractivity contribution is 0.620. The van der Waals surface area contributed by atoms with Gasteiger partial charge in [-0.05, 0) is 64.3 Å². The van der Waals surface area contributed by atoms with Crippen molar-refractivity contribution >= 4 is 33.0 Å². The number of anilines is 1. The molecular weight excluding hydrogens is 313 g/mol. The van der Waals surface area contributed by atoms with Crippen molar-refractivity contribution in [1.29, 1.82) is 0 Å². The van der Waals surface area contributed by atoms with E-state index in [0.717, 1.165) is 5.69 Å². The SMILES string of the molecule is Fc1cc(NC(c2cccs2)C2CC2)ccc1Br. The molecule has 1 aliphatic rings. The van der Waals surface area contributed by atoms with E-state index in [9.17, 15) is 4.39 Å². The van der Waals surface area contributed by atoms with Gasteiger partial charge < -0.3 is 5.32 Å². The second-order valence-corrected chi connectivity index (χ2v) is 6.44. The maximum Gasteiger partial charge on any atom is 0.139 e. The van der Waals surface area contributed by atoms with E-state index in [2.05, 4.69) is 38.8 Å². The van der Waals surface area contributed by atoms with E-state index in [4.69, 9.17) is 0 Å². The summed E-state index contributed by atoms with van der Waals surface area (Å²) in [6.07, 6.45) is 2.52. The maximum absolute atomic E-state index is 13.5. The van der Waals surface area contributed by atoms with Gasteiger partial charge in [-0.1, -0.05) is 6.07 Å². The fraction of sp³-hybridized carbons (Fsp3) is 0.286. The summed E-state index contributed by atoms with van der Waals surface area (Å²) in [6.45, 7) is 0. The average Bonchev–Trinajstić information content (AvgIpc) is 3.05. The number of benzene rings is 1. The van der Waals surface area contributed by atoms with Gasteiger partial charge in [-0.25, -0.2) is 4.39 Å². The van der Waals surface area contributed by atoms with E-state index in [0.29, 0.717) is 16.4 Å². The summed E-state index contributed by atoms with van der Waals surface area (Å²) in [4.78, 5) is 1.33. The summed E-state index contributed by atoms with van der Waals surface area (Å²) >= 11 is 4.94. The van der Waals surface area contributed by atoms with Gasteiger partial charge in [0.1, 0.15) is 5.82 Å². The first-order chi connectivity index (χ1) is 8.74. The van der Waals surface area contributed by atoms with E-state index < -0.39 is 0 Å². The molecule has 1 nitrogen and oxygen atoms in total. The molecule has 3 rings (SSSR count). The van der Waals surface area contributed by atoms with Crippen molar-refractivity contribution in [3.05, 3.63) is 50.9 Å². The summed E-state index contributed by atoms with van der Waals surface area (Å²) in [6, 6.07) is 9.75. The summed E-state index contributed by atoms with van der Waals surface area (Å²) in [7, 11) is 0. The fourth-order valence-electron chi connectivity index (χ4n) is 2.08. The summed E-state index contributed by atoms with van der Waals surface area (Å²) in [5.74, 6) is 0.469. The van der Waals surface area contributed by atoms with Crippen LogP contribution in [0.2, 0.25) is 0 Å². The Morgan fingerprint density at radius 2 is 2.17 bits per heavy atom. The second-order valence-electron chi connectivity index (χ2n) is 4.60. The molecule has 0 bridgehead atoms. The Hall–Kier alpha value is -0.870. The first kappa shape index (κ1) is 12.2. The molecule has 4 heteroatoms. The molecule has 0 saturated heterocycles. The van der Waals surface area contributed by atoms with Gasteiger partial charge in [0.05, 0.1) is 10.5 Å². The second kappa shape index (κ2) is 5.02. The van der Waals surface area contributed by atoms with Crippen LogP contribution in [-0.2, 0) is 0 Å². The van der Waals surface area contributed by atoms with Gasteiger partial charge in [0.2, 0.25) is 0 Å². The third-order valence-electron chi connectivity index (χ3n) is 3.18. The number of hydrogen-bond donors (Lipinski definition) is 1. The van der Waals surface area contributed by atoms with Crippen LogP contribution < -0.4 is 5.32 Å². The first-order valence-corrected chi connectivity index (χ1v) is 7.66. The van der Waals surface area contributed by atoms with Crippen molar-refractivity contribution in [2.75, 3.05) is 5.32 Å². The molecule has 0 radical (unpaired) electrons. The third kappa shape index (κ3) is 2.59. The Kier molecular flexibility index (Phi) is 3.39. The van der Waals surface area contributed by atoms with Crippen LogP contribution in [0.15, 0.2) is 40.2 Å². The molecule has 1 unspecified atom stereocenters. The highest BCUT2D eigenvalue weighted by molar-refractivity contribution is 9.10. The molecule has 1 heterocycles. The first-order valence-electron chi connectivity index (χ1n) is 5.99. The summed E-state index contributed by atoms with van der Waals surface area (Å²) in [5, 5.41) is 5.55. The van der Waals surface area contributed by atoms with Crippen molar-refractivity contribution in [3.8, 4) is 0 Å². The van der Waals surface area contributed by atoms with Crippen LogP contribution in [0, 0.1) is 11.7 Å². The van der Waals surface area contributed by atoms with Crippen molar-refractivity contribution in [2.45, 2.75) is 18.9 Å². The Labute approximate surface area is 118 Å². The topological polar surface area (TPSA) is 12.0 Å². The van der Waals surface area contributed by atoms with E-state index in [1.807, 2.05) is 6.07 Å². The van der Waals surface area contributed by atoms with E-state index >= 15 is 0 Å². The van der Waals surface area contributed by atoms with Gasteiger partial charge >= 0.3 is 0 Å². The van der Waals surface area contributed by atoms with Crippen LogP contribution in [0.1, 0.15) is 23.8 Å². The van der Waals surface area contributed by atoms with Crippen molar-refractivity contribution in [3.63, 3.8) is 0 Å². The third-order valence-corrected chi connectivity index (χ3v) is 4.78. The van der Waals surface area contributed by atoms with E-state index in [-0.39, 0.29) is 5.82 Å². The van der Waals surface area contributed by atoms with Gasteiger partial charge in [-0.2, -0.15) is 0 Å². The largest absolute Gasteiger partial charge is 0.377 e. The minimum Gasteiger partial charge on any atom is -0.377 e. The lowest BCUT2D eigenvalue weighted by Crippen LogP contribution is -2.11. The monoisotopic (exact) mass is 325 g/mol. The molecule has 1 aromatic heterocycles. The maximum atomic E-state index is 13.5. The van der Waals surface area contributed by atoms with Gasteiger partial charge in [0.15, 0.2) is 0 Å². The minimum absolute atomic E-state index is 0.222. The highest BCUT2D eigenvalue weighted by Gasteiger charge is 2.32. The molecule has 18 heavy (non-hydrogen) atoms. The summed E-state index contributed by atoms with van der Waals surface area (Å²) in [5.41, 5.74) is 0.848. The predicted molar refractivity (Wildman–Crippen MR) is 77.5 cm³/mol. The molecule has 1 aromatic carbocycles. The Balaban J connectivity index is 1.82. The normalized spacial score (nSPS) is 16.6. The zero-order chi connectivity index (χ0) is 12.5. The van der Waals surface area contributed by atoms with Gasteiger partial charge in [0, 0.05) is 10.6 Å². The molecule has 1 N–H and O–H groups in total. The van der Waals surface area contributed by atoms with Gasteiger partial charge in [-0.15, -0.1) is 11.3 Å². The molecule has 1 aliphatic carbocycles. The van der Waals surface area contributed by atoms with Crippen LogP contribution in [0.3, 0.4) is 0 Å². The van der Waals surface area contributed by atoms with Crippen LogP contribution in [0.25, 0.3) is 0 Å². The molecule has 0 aliphatic heterocycles. The van der Waals surface area contributed by atoms with Crippen LogP contribution in [0.4, 0.5) is 10.1 Å². The van der Waals surface area contributed by atoms with Gasteiger partial charge in [0.25, 0.3) is 0 Å². The molecule has 0 amide bonds. The van der Waals surface area contributed by atoms with Crippen LogP contribution >= 0.6 is 27.3 Å². The predicted octanol–water partition coefficient (Wildman–Crippen LogP) is 5.21. The smallest absolute Gasteiger partial charge is 0.139 e. The molecule has 2 aromatic rings. The van der Waals surface area contributed by atoms with Crippen LogP contribution in [0.5, 0.6) is 0 Å². The van der Waals surface area contributed by atoms with Gasteiger partial charge in [-0.3, -0.25) is 0 Å². The van der Waals surface area contributed by atoms with E-state index in [1.54, 1.807) is 23.5 Å². The van der Waals surface area contributed by atoms with Crippen molar-refractivity contribution < 1.29 is 4.39 Å². The zero-order valence-electron chi connectivity index (χ0n) is 9.70. The molecular formula is C14H13BrFNS. The Bertz CT molecular complexity index is 537. The number of thiophene rings is 1. The number of nitrogens with one attached hydrogen (secondary N) is 1. The van der Waals surface area contributed by atoms with Crippen molar-refractivity contribution in [2.24, 2.45) is 5.92 Å². The van der Waals surface area contributed by atoms with E-state index in [1.165, 1.54) is 17.7 Å². The number of hydrogen-bond acceptors (Lipinski definition) is 2. The van der Waals surface area contributed by atoms with Crippen molar-refractivity contribution in [1.82, 2.24) is 0 Å². The summed E-state index contributed by atoms with van der Waals surface area (Å²) < 4.78 is 14.0. The lowest BCUT2D eigenvalue weighted by Gasteiger charge is -2.18. The molecule has 1 atom stereocenters. The molecule has 1 fully saturated rings. The quantitative estimate of drug-likeness (QED) is 0.813. The minimum atomic E-state index is -0.222. The van der Waals surface area contributed by atoms with Crippen LogP contribution in [-0.4, -0.2) is 0 Å². The highest BCUT2D eigenvalue weighted by atomic mass is 79.9. The molecule has 94 valence electrons. The molecule has 1 saturated carbocycles. The Morgan fingerprint density at radius 3 is 2.78 bits per heavy atom. The molecule has 0 spiro atoms. The zero-order valence-corrected chi connectivity index (χ0v) is 12.1. The highest BCUT2D eigenvalue weighted by Crippen LogP contribution is 2.44. The average molecular weight is 326 g/mol. The lowest BCUT2D eigenvalue weighted by atomic mass is 10.1. The standard InChI is InChI=1S/C14H13BrFNS/c15-11-6-5-10(8-12(11)16)17-14(9-3-4-9)13-2-1-7-18-13/h1-2,5-9,14,17H,3-4H2. The fourth-order valence-corrected chi connectivity index (χ4v) is 3.20. The Morgan fingerprint density at radius 1 is 1.33 bits per heavy atom.